The summed E-state index contributed by atoms with van der Waals surface area (Å²) >= 11 is 0. The van der Waals surface area contributed by atoms with Gasteiger partial charge in [0.15, 0.2) is 0 Å². The van der Waals surface area contributed by atoms with Crippen molar-refractivity contribution in [3.63, 3.8) is 0 Å². The van der Waals surface area contributed by atoms with Gasteiger partial charge in [0.25, 0.3) is 0 Å². The van der Waals surface area contributed by atoms with Crippen LogP contribution in [0, 0.1) is 11.8 Å². The van der Waals surface area contributed by atoms with Crippen molar-refractivity contribution in [2.24, 2.45) is 11.8 Å². The molecule has 2 nitrogen and oxygen atoms in total. The van der Waals surface area contributed by atoms with Gasteiger partial charge in [-0.3, -0.25) is 4.79 Å². The molecule has 0 radical (unpaired) electrons. The van der Waals surface area contributed by atoms with Gasteiger partial charge in [-0.2, -0.15) is 0 Å². The zero-order valence-corrected chi connectivity index (χ0v) is 11.7. The molecule has 19 heavy (non-hydrogen) atoms. The van der Waals surface area contributed by atoms with Crippen LogP contribution in [0.3, 0.4) is 0 Å². The van der Waals surface area contributed by atoms with Crippen LogP contribution in [0.5, 0.6) is 0 Å². The average molecular weight is 257 g/mol. The van der Waals surface area contributed by atoms with E-state index in [0.29, 0.717) is 23.8 Å². The maximum absolute atomic E-state index is 12.2. The summed E-state index contributed by atoms with van der Waals surface area (Å²) in [4.78, 5) is 12.2. The number of nitrogens with one attached hydrogen (secondary N) is 1. The highest BCUT2D eigenvalue weighted by atomic mass is 16.2. The lowest BCUT2D eigenvalue weighted by molar-refractivity contribution is -0.123. The number of hydrogen-bond donors (Lipinski definition) is 1. The Labute approximate surface area is 115 Å². The lowest BCUT2D eigenvalue weighted by atomic mass is 10.1. The van der Waals surface area contributed by atoms with Crippen molar-refractivity contribution < 1.29 is 4.79 Å². The third kappa shape index (κ3) is 2.83. The van der Waals surface area contributed by atoms with Gasteiger partial charge in [0.1, 0.15) is 0 Å². The Morgan fingerprint density at radius 2 is 1.95 bits per heavy atom. The van der Waals surface area contributed by atoms with Crippen molar-refractivity contribution >= 4 is 5.91 Å². The summed E-state index contributed by atoms with van der Waals surface area (Å²) in [7, 11) is 0. The molecule has 1 fully saturated rings. The number of rotatable bonds is 5. The summed E-state index contributed by atoms with van der Waals surface area (Å²) < 4.78 is 0. The molecule has 1 amide bonds. The van der Waals surface area contributed by atoms with Gasteiger partial charge in [-0.05, 0) is 42.7 Å². The molecule has 2 aliphatic rings. The van der Waals surface area contributed by atoms with Crippen LogP contribution in [-0.4, -0.2) is 11.9 Å². The molecule has 3 rings (SSSR count). The number of carbonyl (C=O) groups excluding carboxylic acids is 1. The fourth-order valence-corrected chi connectivity index (χ4v) is 3.32. The normalized spacial score (nSPS) is 25.1. The molecular formula is C17H23NO. The number of hydrogen-bond acceptors (Lipinski definition) is 1. The van der Waals surface area contributed by atoms with Gasteiger partial charge in [0, 0.05) is 12.0 Å². The van der Waals surface area contributed by atoms with Crippen LogP contribution in [-0.2, 0) is 17.6 Å². The highest BCUT2D eigenvalue weighted by Crippen LogP contribution is 2.42. The van der Waals surface area contributed by atoms with Gasteiger partial charge < -0.3 is 5.32 Å². The molecule has 0 aliphatic heterocycles. The van der Waals surface area contributed by atoms with Crippen LogP contribution in [0.2, 0.25) is 0 Å². The number of unbranched alkanes of at least 4 members (excludes halogenated alkanes) is 1. The topological polar surface area (TPSA) is 29.1 Å². The van der Waals surface area contributed by atoms with Gasteiger partial charge in [0.2, 0.25) is 5.91 Å². The predicted octanol–water partition coefficient (Wildman–Crippen LogP) is 3.10. The summed E-state index contributed by atoms with van der Waals surface area (Å²) in [6, 6.07) is 8.87. The smallest absolute Gasteiger partial charge is 0.223 e. The predicted molar refractivity (Wildman–Crippen MR) is 76.9 cm³/mol. The summed E-state index contributed by atoms with van der Waals surface area (Å²) in [6.45, 7) is 2.22. The van der Waals surface area contributed by atoms with Crippen molar-refractivity contribution in [3.8, 4) is 0 Å². The van der Waals surface area contributed by atoms with Crippen molar-refractivity contribution in [1.82, 2.24) is 5.32 Å². The molecule has 0 aromatic heterocycles. The molecular weight excluding hydrogens is 234 g/mol. The van der Waals surface area contributed by atoms with Crippen molar-refractivity contribution in [1.29, 1.82) is 0 Å². The lowest BCUT2D eigenvalue weighted by Crippen LogP contribution is -2.36. The fourth-order valence-electron chi connectivity index (χ4n) is 3.32. The van der Waals surface area contributed by atoms with E-state index in [9.17, 15) is 4.79 Å². The first-order chi connectivity index (χ1) is 9.28. The third-order valence-electron chi connectivity index (χ3n) is 4.59. The first kappa shape index (κ1) is 12.7. The second-order valence-corrected chi connectivity index (χ2v) is 6.13. The zero-order chi connectivity index (χ0) is 13.2. The van der Waals surface area contributed by atoms with Crippen LogP contribution in [0.15, 0.2) is 24.3 Å². The fraction of sp³-hybridized carbons (Fsp3) is 0.588. The molecule has 0 bridgehead atoms. The summed E-state index contributed by atoms with van der Waals surface area (Å²) in [5.74, 6) is 1.29. The molecule has 1 aromatic rings. The standard InChI is InChI=1S/C17H23NO/c1-2-3-6-14-11-16(14)17(19)18-15-9-12-7-4-5-8-13(12)10-15/h4-5,7-8,14-16H,2-3,6,9-11H2,1H3,(H,18,19)/t14-,16-/m1/s1. The summed E-state index contributed by atoms with van der Waals surface area (Å²) in [6.07, 6.45) is 6.87. The number of benzene rings is 1. The lowest BCUT2D eigenvalue weighted by Gasteiger charge is -2.11. The van der Waals surface area contributed by atoms with Crippen LogP contribution in [0.25, 0.3) is 0 Å². The molecule has 0 unspecified atom stereocenters. The quantitative estimate of drug-likeness (QED) is 0.863. The Hall–Kier alpha value is -1.31. The van der Waals surface area contributed by atoms with Crippen molar-refractivity contribution in [2.75, 3.05) is 0 Å². The Morgan fingerprint density at radius 3 is 2.58 bits per heavy atom. The van der Waals surface area contributed by atoms with E-state index in [0.717, 1.165) is 19.3 Å². The van der Waals surface area contributed by atoms with E-state index in [1.807, 2.05) is 0 Å². The van der Waals surface area contributed by atoms with E-state index < -0.39 is 0 Å². The first-order valence-electron chi connectivity index (χ1n) is 7.65. The number of amides is 1. The van der Waals surface area contributed by atoms with Crippen molar-refractivity contribution in [3.05, 3.63) is 35.4 Å². The Morgan fingerprint density at radius 1 is 1.26 bits per heavy atom. The molecule has 0 spiro atoms. The van der Waals surface area contributed by atoms with Gasteiger partial charge in [-0.1, -0.05) is 44.0 Å². The van der Waals surface area contributed by atoms with E-state index in [-0.39, 0.29) is 0 Å². The monoisotopic (exact) mass is 257 g/mol. The second-order valence-electron chi connectivity index (χ2n) is 6.13. The van der Waals surface area contributed by atoms with Crippen LogP contribution >= 0.6 is 0 Å². The van der Waals surface area contributed by atoms with E-state index >= 15 is 0 Å². The van der Waals surface area contributed by atoms with Gasteiger partial charge in [-0.15, -0.1) is 0 Å². The SMILES string of the molecule is CCCC[C@@H]1C[C@H]1C(=O)NC1Cc2ccccc2C1. The maximum Gasteiger partial charge on any atom is 0.223 e. The van der Waals surface area contributed by atoms with Crippen LogP contribution in [0.4, 0.5) is 0 Å². The summed E-state index contributed by atoms with van der Waals surface area (Å²) in [5.41, 5.74) is 2.82. The highest BCUT2D eigenvalue weighted by Gasteiger charge is 2.42. The van der Waals surface area contributed by atoms with E-state index in [1.165, 1.54) is 30.4 Å². The van der Waals surface area contributed by atoms with Crippen molar-refractivity contribution in [2.45, 2.75) is 51.5 Å². The maximum atomic E-state index is 12.2. The number of carbonyl (C=O) groups is 1. The van der Waals surface area contributed by atoms with Gasteiger partial charge in [0.05, 0.1) is 0 Å². The molecule has 2 aliphatic carbocycles. The van der Waals surface area contributed by atoms with E-state index in [2.05, 4.69) is 36.5 Å². The minimum Gasteiger partial charge on any atom is -0.352 e. The molecule has 102 valence electrons. The molecule has 2 atom stereocenters. The third-order valence-corrected chi connectivity index (χ3v) is 4.59. The average Bonchev–Trinajstić information content (AvgIpc) is 3.08. The molecule has 1 aromatic carbocycles. The van der Waals surface area contributed by atoms with Gasteiger partial charge in [-0.25, -0.2) is 0 Å². The Bertz CT molecular complexity index is 443. The Kier molecular flexibility index (Phi) is 3.58. The molecule has 1 N–H and O–H groups in total. The van der Waals surface area contributed by atoms with Crippen LogP contribution < -0.4 is 5.32 Å². The second kappa shape index (κ2) is 5.36. The van der Waals surface area contributed by atoms with E-state index in [1.54, 1.807) is 0 Å². The number of fused-ring (bicyclic) bond motifs is 1. The molecule has 0 heterocycles. The largest absolute Gasteiger partial charge is 0.352 e. The van der Waals surface area contributed by atoms with Gasteiger partial charge >= 0.3 is 0 Å². The zero-order valence-electron chi connectivity index (χ0n) is 11.7. The molecule has 2 heteroatoms. The van der Waals surface area contributed by atoms with Crippen LogP contribution in [0.1, 0.15) is 43.7 Å². The van der Waals surface area contributed by atoms with E-state index in [4.69, 9.17) is 0 Å². The summed E-state index contributed by atoms with van der Waals surface area (Å²) in [5, 5.41) is 3.26. The Balaban J connectivity index is 1.48. The molecule has 1 saturated carbocycles. The minimum atomic E-state index is 0.305. The first-order valence-corrected chi connectivity index (χ1v) is 7.65. The highest BCUT2D eigenvalue weighted by molar-refractivity contribution is 5.82. The minimum absolute atomic E-state index is 0.305. The molecule has 0 saturated heterocycles.